The van der Waals surface area contributed by atoms with Crippen molar-refractivity contribution in [2.24, 2.45) is 0 Å². The Labute approximate surface area is 176 Å². The number of imidazole rings is 1. The van der Waals surface area contributed by atoms with Crippen LogP contribution in [0.5, 0.6) is 0 Å². The molecule has 0 radical (unpaired) electrons. The molecule has 0 aliphatic heterocycles. The first-order valence-corrected chi connectivity index (χ1v) is 10.4. The van der Waals surface area contributed by atoms with Gasteiger partial charge >= 0.3 is 0 Å². The Morgan fingerprint density at radius 3 is 2.27 bits per heavy atom. The minimum Gasteiger partial charge on any atom is -0.354 e. The summed E-state index contributed by atoms with van der Waals surface area (Å²) < 4.78 is 2.13. The predicted molar refractivity (Wildman–Crippen MR) is 119 cm³/mol. The molecule has 2 heterocycles. The molecule has 0 aliphatic rings. The number of hydrogen-bond donors (Lipinski definition) is 1. The van der Waals surface area contributed by atoms with Gasteiger partial charge in [-0.2, -0.15) is 0 Å². The minimum atomic E-state index is 0.0714. The van der Waals surface area contributed by atoms with Gasteiger partial charge in [-0.25, -0.2) is 9.97 Å². The molecule has 2 aromatic heterocycles. The van der Waals surface area contributed by atoms with Crippen LogP contribution in [-0.4, -0.2) is 27.0 Å². The number of aromatic nitrogens is 3. The summed E-state index contributed by atoms with van der Waals surface area (Å²) in [6.07, 6.45) is 4.80. The highest BCUT2D eigenvalue weighted by Gasteiger charge is 2.12. The molecule has 0 saturated heterocycles. The number of fused-ring (bicyclic) bond motifs is 1. The van der Waals surface area contributed by atoms with Gasteiger partial charge in [0.15, 0.2) is 5.65 Å². The number of amides is 1. The third-order valence-electron chi connectivity index (χ3n) is 5.20. The molecule has 0 aliphatic carbocycles. The molecule has 0 saturated carbocycles. The van der Waals surface area contributed by atoms with Crippen molar-refractivity contribution in [3.63, 3.8) is 0 Å². The summed E-state index contributed by atoms with van der Waals surface area (Å²) in [4.78, 5) is 21.6. The fourth-order valence-electron chi connectivity index (χ4n) is 3.63. The smallest absolute Gasteiger partial charge is 0.220 e. The van der Waals surface area contributed by atoms with E-state index in [1.54, 1.807) is 6.20 Å². The number of pyridine rings is 1. The molecule has 0 bridgehead atoms. The van der Waals surface area contributed by atoms with Gasteiger partial charge in [0.25, 0.3) is 0 Å². The van der Waals surface area contributed by atoms with Crippen LogP contribution in [0.2, 0.25) is 0 Å². The van der Waals surface area contributed by atoms with Crippen molar-refractivity contribution in [3.8, 4) is 0 Å². The first-order chi connectivity index (χ1) is 14.8. The van der Waals surface area contributed by atoms with Crippen molar-refractivity contribution in [1.82, 2.24) is 19.9 Å². The van der Waals surface area contributed by atoms with E-state index in [0.717, 1.165) is 36.3 Å². The SMILES string of the molecule is O=C(CCc1ccccc1)NCCn1c(CCc2ccccc2)nc2cccnc21. The average Bonchev–Trinajstić information content (AvgIpc) is 3.15. The highest BCUT2D eigenvalue weighted by atomic mass is 16.1. The van der Waals surface area contributed by atoms with Crippen LogP contribution < -0.4 is 5.32 Å². The van der Waals surface area contributed by atoms with Gasteiger partial charge in [0.2, 0.25) is 5.91 Å². The van der Waals surface area contributed by atoms with Gasteiger partial charge in [-0.1, -0.05) is 60.7 Å². The second-order valence-corrected chi connectivity index (χ2v) is 7.35. The Hall–Kier alpha value is -3.47. The maximum atomic E-state index is 12.3. The van der Waals surface area contributed by atoms with Gasteiger partial charge in [0, 0.05) is 32.1 Å². The van der Waals surface area contributed by atoms with Gasteiger partial charge in [0.05, 0.1) is 0 Å². The van der Waals surface area contributed by atoms with Crippen molar-refractivity contribution in [2.45, 2.75) is 32.2 Å². The van der Waals surface area contributed by atoms with E-state index in [1.165, 1.54) is 11.1 Å². The molecule has 1 amide bonds. The van der Waals surface area contributed by atoms with Crippen molar-refractivity contribution in [2.75, 3.05) is 6.54 Å². The molecule has 0 atom stereocenters. The summed E-state index contributed by atoms with van der Waals surface area (Å²) in [6.45, 7) is 1.22. The standard InChI is InChI=1S/C25H26N4O/c30-24(16-14-21-10-5-2-6-11-21)26-18-19-29-23(15-13-20-8-3-1-4-9-20)28-22-12-7-17-27-25(22)29/h1-12,17H,13-16,18-19H2,(H,26,30). The zero-order valence-corrected chi connectivity index (χ0v) is 17.0. The van der Waals surface area contributed by atoms with Crippen LogP contribution in [0, 0.1) is 0 Å². The summed E-state index contributed by atoms with van der Waals surface area (Å²) >= 11 is 0. The van der Waals surface area contributed by atoms with E-state index >= 15 is 0 Å². The molecule has 2 aromatic carbocycles. The van der Waals surface area contributed by atoms with Crippen LogP contribution >= 0.6 is 0 Å². The second kappa shape index (κ2) is 9.83. The quantitative estimate of drug-likeness (QED) is 0.464. The molecular weight excluding hydrogens is 372 g/mol. The van der Waals surface area contributed by atoms with Crippen LogP contribution in [-0.2, 0) is 30.6 Å². The lowest BCUT2D eigenvalue weighted by molar-refractivity contribution is -0.121. The number of nitrogens with one attached hydrogen (secondary N) is 1. The molecule has 5 nitrogen and oxygen atoms in total. The fraction of sp³-hybridized carbons (Fsp3) is 0.240. The third-order valence-corrected chi connectivity index (χ3v) is 5.20. The summed E-state index contributed by atoms with van der Waals surface area (Å²) in [6, 6.07) is 24.4. The monoisotopic (exact) mass is 398 g/mol. The van der Waals surface area contributed by atoms with Crippen LogP contribution in [0.4, 0.5) is 0 Å². The van der Waals surface area contributed by atoms with E-state index in [4.69, 9.17) is 4.98 Å². The molecule has 1 N–H and O–H groups in total. The number of benzene rings is 2. The second-order valence-electron chi connectivity index (χ2n) is 7.35. The zero-order chi connectivity index (χ0) is 20.6. The highest BCUT2D eigenvalue weighted by molar-refractivity contribution is 5.76. The number of aryl methyl sites for hydroxylation is 3. The van der Waals surface area contributed by atoms with Gasteiger partial charge in [-0.15, -0.1) is 0 Å². The number of carbonyl (C=O) groups excluding carboxylic acids is 1. The maximum absolute atomic E-state index is 12.3. The number of hydrogen-bond acceptors (Lipinski definition) is 3. The van der Waals surface area contributed by atoms with E-state index in [9.17, 15) is 4.79 Å². The topological polar surface area (TPSA) is 59.8 Å². The molecular formula is C25H26N4O. The van der Waals surface area contributed by atoms with Crippen LogP contribution in [0.25, 0.3) is 11.2 Å². The molecule has 0 spiro atoms. The molecule has 4 rings (SSSR count). The highest BCUT2D eigenvalue weighted by Crippen LogP contribution is 2.15. The number of rotatable bonds is 9. The normalized spacial score (nSPS) is 10.9. The van der Waals surface area contributed by atoms with Crippen LogP contribution in [0.15, 0.2) is 79.0 Å². The molecule has 0 fully saturated rings. The summed E-state index contributed by atoms with van der Waals surface area (Å²) in [5.74, 6) is 1.08. The summed E-state index contributed by atoms with van der Waals surface area (Å²) in [7, 11) is 0. The summed E-state index contributed by atoms with van der Waals surface area (Å²) in [5, 5.41) is 3.04. The first kappa shape index (κ1) is 19.8. The molecule has 30 heavy (non-hydrogen) atoms. The Morgan fingerprint density at radius 1 is 0.833 bits per heavy atom. The molecule has 0 unspecified atom stereocenters. The number of carbonyl (C=O) groups is 1. The van der Waals surface area contributed by atoms with Gasteiger partial charge in [0.1, 0.15) is 11.3 Å². The Morgan fingerprint density at radius 2 is 1.53 bits per heavy atom. The summed E-state index contributed by atoms with van der Waals surface area (Å²) in [5.41, 5.74) is 4.24. The van der Waals surface area contributed by atoms with E-state index < -0.39 is 0 Å². The van der Waals surface area contributed by atoms with Crippen LogP contribution in [0.3, 0.4) is 0 Å². The fourth-order valence-corrected chi connectivity index (χ4v) is 3.63. The van der Waals surface area contributed by atoms with Crippen molar-refractivity contribution >= 4 is 17.1 Å². The van der Waals surface area contributed by atoms with E-state index in [2.05, 4.69) is 51.3 Å². The Bertz CT molecular complexity index is 1090. The maximum Gasteiger partial charge on any atom is 0.220 e. The Kier molecular flexibility index (Phi) is 6.50. The van der Waals surface area contributed by atoms with Crippen LogP contribution in [0.1, 0.15) is 23.4 Å². The van der Waals surface area contributed by atoms with E-state index in [0.29, 0.717) is 19.5 Å². The first-order valence-electron chi connectivity index (χ1n) is 10.4. The lowest BCUT2D eigenvalue weighted by atomic mass is 10.1. The lowest BCUT2D eigenvalue weighted by Crippen LogP contribution is -2.28. The zero-order valence-electron chi connectivity index (χ0n) is 17.0. The molecule has 152 valence electrons. The lowest BCUT2D eigenvalue weighted by Gasteiger charge is -2.10. The Balaban J connectivity index is 1.37. The van der Waals surface area contributed by atoms with Crippen molar-refractivity contribution < 1.29 is 4.79 Å². The average molecular weight is 399 g/mol. The molecule has 4 aromatic rings. The van der Waals surface area contributed by atoms with E-state index in [-0.39, 0.29) is 5.91 Å². The van der Waals surface area contributed by atoms with Gasteiger partial charge < -0.3 is 9.88 Å². The van der Waals surface area contributed by atoms with E-state index in [1.807, 2.05) is 36.4 Å². The van der Waals surface area contributed by atoms with Gasteiger partial charge in [-0.05, 0) is 36.1 Å². The molecule has 5 heteroatoms. The third kappa shape index (κ3) is 5.11. The number of nitrogens with zero attached hydrogens (tertiary/aromatic N) is 3. The predicted octanol–water partition coefficient (Wildman–Crippen LogP) is 3.97. The van der Waals surface area contributed by atoms with Crippen molar-refractivity contribution in [3.05, 3.63) is 95.9 Å². The minimum absolute atomic E-state index is 0.0714. The largest absolute Gasteiger partial charge is 0.354 e. The van der Waals surface area contributed by atoms with Crippen molar-refractivity contribution in [1.29, 1.82) is 0 Å². The van der Waals surface area contributed by atoms with Gasteiger partial charge in [-0.3, -0.25) is 4.79 Å².